The zero-order valence-corrected chi connectivity index (χ0v) is 13.8. The van der Waals surface area contributed by atoms with Gasteiger partial charge in [0.1, 0.15) is 5.75 Å². The highest BCUT2D eigenvalue weighted by Crippen LogP contribution is 2.24. The summed E-state index contributed by atoms with van der Waals surface area (Å²) in [4.78, 5) is 16.6. The van der Waals surface area contributed by atoms with Crippen molar-refractivity contribution in [2.24, 2.45) is 0 Å². The predicted octanol–water partition coefficient (Wildman–Crippen LogP) is 2.80. The Hall–Kier alpha value is -1.26. The molecule has 1 atom stereocenters. The molecule has 4 nitrogen and oxygen atoms in total. The fourth-order valence-corrected chi connectivity index (χ4v) is 3.50. The number of rotatable bonds is 4. The molecule has 1 unspecified atom stereocenters. The van der Waals surface area contributed by atoms with E-state index in [1.54, 1.807) is 12.1 Å². The number of amides is 1. The fraction of sp³-hybridized carbons (Fsp3) is 0.588. The summed E-state index contributed by atoms with van der Waals surface area (Å²) in [6.45, 7) is 5.23. The molecule has 1 aromatic carbocycles. The first-order valence-electron chi connectivity index (χ1n) is 8.05. The van der Waals surface area contributed by atoms with Crippen LogP contribution in [0.2, 0.25) is 5.02 Å². The molecule has 0 N–H and O–H groups in total. The topological polar surface area (TPSA) is 32.8 Å². The molecular weight excluding hydrogens is 300 g/mol. The van der Waals surface area contributed by atoms with Crippen molar-refractivity contribution in [3.8, 4) is 5.75 Å². The van der Waals surface area contributed by atoms with E-state index in [2.05, 4.69) is 11.8 Å². The maximum atomic E-state index is 12.1. The minimum absolute atomic E-state index is 0.0564. The van der Waals surface area contributed by atoms with Gasteiger partial charge in [0.2, 0.25) is 0 Å². The molecule has 3 rings (SSSR count). The third kappa shape index (κ3) is 3.55. The highest BCUT2D eigenvalue weighted by molar-refractivity contribution is 6.30. The second-order valence-electron chi connectivity index (χ2n) is 6.28. The number of hydrogen-bond donors (Lipinski definition) is 0. The predicted molar refractivity (Wildman–Crippen MR) is 87.3 cm³/mol. The lowest BCUT2D eigenvalue weighted by atomic mass is 9.97. The second-order valence-corrected chi connectivity index (χ2v) is 6.72. The Kier molecular flexibility index (Phi) is 4.89. The Balaban J connectivity index is 1.43. The summed E-state index contributed by atoms with van der Waals surface area (Å²) in [7, 11) is 0. The quantitative estimate of drug-likeness (QED) is 0.854. The Labute approximate surface area is 137 Å². The van der Waals surface area contributed by atoms with Crippen LogP contribution in [0.3, 0.4) is 0 Å². The van der Waals surface area contributed by atoms with Crippen molar-refractivity contribution in [1.82, 2.24) is 9.80 Å². The summed E-state index contributed by atoms with van der Waals surface area (Å²) in [6, 6.07) is 8.33. The molecule has 1 aromatic rings. The number of carbonyl (C=O) groups excluding carboxylic acids is 1. The summed E-state index contributed by atoms with van der Waals surface area (Å²) in [5.41, 5.74) is 0. The van der Waals surface area contributed by atoms with Gasteiger partial charge in [-0.25, -0.2) is 0 Å². The van der Waals surface area contributed by atoms with Crippen molar-refractivity contribution >= 4 is 17.5 Å². The highest BCUT2D eigenvalue weighted by atomic mass is 35.5. The first-order valence-corrected chi connectivity index (χ1v) is 8.43. The maximum absolute atomic E-state index is 12.1. The van der Waals surface area contributed by atoms with E-state index >= 15 is 0 Å². The van der Waals surface area contributed by atoms with Crippen LogP contribution in [0.4, 0.5) is 0 Å². The van der Waals surface area contributed by atoms with Gasteiger partial charge in [-0.3, -0.25) is 9.69 Å². The van der Waals surface area contributed by atoms with Gasteiger partial charge in [-0.1, -0.05) is 24.1 Å². The van der Waals surface area contributed by atoms with Crippen LogP contribution in [0.25, 0.3) is 0 Å². The van der Waals surface area contributed by atoms with Crippen LogP contribution in [-0.2, 0) is 4.79 Å². The second kappa shape index (κ2) is 6.88. The van der Waals surface area contributed by atoms with E-state index in [4.69, 9.17) is 16.3 Å². The van der Waals surface area contributed by atoms with E-state index < -0.39 is 0 Å². The van der Waals surface area contributed by atoms with Gasteiger partial charge >= 0.3 is 0 Å². The summed E-state index contributed by atoms with van der Waals surface area (Å²) in [5, 5.41) is 0.619. The third-order valence-electron chi connectivity index (χ3n) is 4.70. The summed E-state index contributed by atoms with van der Waals surface area (Å²) >= 11 is 5.90. The highest BCUT2D eigenvalue weighted by Gasteiger charge is 2.37. The van der Waals surface area contributed by atoms with Crippen LogP contribution >= 0.6 is 11.6 Å². The molecular formula is C17H23ClN2O2. The van der Waals surface area contributed by atoms with Crippen molar-refractivity contribution in [1.29, 1.82) is 0 Å². The van der Waals surface area contributed by atoms with E-state index in [1.165, 1.54) is 25.8 Å². The van der Waals surface area contributed by atoms with Crippen LogP contribution in [0.15, 0.2) is 24.3 Å². The lowest BCUT2D eigenvalue weighted by molar-refractivity contribution is -0.142. The summed E-state index contributed by atoms with van der Waals surface area (Å²) in [5.74, 6) is 0.698. The molecule has 120 valence electrons. The minimum Gasteiger partial charge on any atom is -0.484 e. The lowest BCUT2D eigenvalue weighted by Gasteiger charge is -2.49. The average molecular weight is 323 g/mol. The van der Waals surface area contributed by atoms with Crippen LogP contribution in [0.1, 0.15) is 26.2 Å². The zero-order chi connectivity index (χ0) is 15.5. The van der Waals surface area contributed by atoms with Gasteiger partial charge in [-0.15, -0.1) is 0 Å². The van der Waals surface area contributed by atoms with Crippen LogP contribution in [-0.4, -0.2) is 54.0 Å². The summed E-state index contributed by atoms with van der Waals surface area (Å²) in [6.07, 6.45) is 3.90. The van der Waals surface area contributed by atoms with E-state index in [-0.39, 0.29) is 12.5 Å². The Morgan fingerprint density at radius 1 is 1.36 bits per heavy atom. The van der Waals surface area contributed by atoms with E-state index in [0.717, 1.165) is 13.1 Å². The molecule has 1 amide bonds. The Morgan fingerprint density at radius 2 is 2.18 bits per heavy atom. The van der Waals surface area contributed by atoms with Crippen molar-refractivity contribution < 1.29 is 9.53 Å². The van der Waals surface area contributed by atoms with Crippen LogP contribution < -0.4 is 4.74 Å². The molecule has 5 heteroatoms. The van der Waals surface area contributed by atoms with Crippen molar-refractivity contribution in [2.75, 3.05) is 26.2 Å². The number of carbonyl (C=O) groups is 1. The lowest BCUT2D eigenvalue weighted by Crippen LogP contribution is -2.64. The van der Waals surface area contributed by atoms with Crippen LogP contribution in [0, 0.1) is 0 Å². The van der Waals surface area contributed by atoms with Crippen molar-refractivity contribution in [3.63, 3.8) is 0 Å². The number of ether oxygens (including phenoxy) is 1. The molecule has 0 saturated carbocycles. The molecule has 22 heavy (non-hydrogen) atoms. The zero-order valence-electron chi connectivity index (χ0n) is 13.0. The maximum Gasteiger partial charge on any atom is 0.260 e. The SMILES string of the molecule is CC1CCCCN1C1CN(C(=O)COc2cccc(Cl)c2)C1. The molecule has 0 aromatic heterocycles. The van der Waals surface area contributed by atoms with Gasteiger partial charge in [0, 0.05) is 30.2 Å². The molecule has 2 fully saturated rings. The van der Waals surface area contributed by atoms with Gasteiger partial charge in [-0.2, -0.15) is 0 Å². The standard InChI is InChI=1S/C17H23ClN2O2/c1-13-5-2-3-8-20(13)15-10-19(11-15)17(21)12-22-16-7-4-6-14(18)9-16/h4,6-7,9,13,15H,2-3,5,8,10-12H2,1H3. The Morgan fingerprint density at radius 3 is 2.91 bits per heavy atom. The number of hydrogen-bond acceptors (Lipinski definition) is 3. The number of nitrogens with zero attached hydrogens (tertiary/aromatic N) is 2. The normalized spacial score (nSPS) is 23.2. The summed E-state index contributed by atoms with van der Waals surface area (Å²) < 4.78 is 5.52. The van der Waals surface area contributed by atoms with Gasteiger partial charge in [-0.05, 0) is 44.5 Å². The number of piperidine rings is 1. The smallest absolute Gasteiger partial charge is 0.260 e. The average Bonchev–Trinajstić information content (AvgIpc) is 2.46. The van der Waals surface area contributed by atoms with Crippen molar-refractivity contribution in [2.45, 2.75) is 38.3 Å². The largest absolute Gasteiger partial charge is 0.484 e. The van der Waals surface area contributed by atoms with Crippen molar-refractivity contribution in [3.05, 3.63) is 29.3 Å². The van der Waals surface area contributed by atoms with E-state index in [0.29, 0.717) is 22.9 Å². The van der Waals surface area contributed by atoms with Gasteiger partial charge < -0.3 is 9.64 Å². The van der Waals surface area contributed by atoms with Gasteiger partial charge in [0.15, 0.2) is 6.61 Å². The van der Waals surface area contributed by atoms with Gasteiger partial charge in [0.25, 0.3) is 5.91 Å². The molecule has 2 aliphatic heterocycles. The van der Waals surface area contributed by atoms with Gasteiger partial charge in [0.05, 0.1) is 0 Å². The molecule has 2 aliphatic rings. The van der Waals surface area contributed by atoms with E-state index in [9.17, 15) is 4.79 Å². The number of benzene rings is 1. The number of halogens is 1. The first kappa shape index (κ1) is 15.6. The molecule has 2 saturated heterocycles. The first-order chi connectivity index (χ1) is 10.6. The molecule has 0 radical (unpaired) electrons. The fourth-order valence-electron chi connectivity index (χ4n) is 3.32. The Bertz CT molecular complexity index is 531. The van der Waals surface area contributed by atoms with Crippen LogP contribution in [0.5, 0.6) is 5.75 Å². The minimum atomic E-state index is 0.0564. The number of likely N-dealkylation sites (tertiary alicyclic amines) is 2. The third-order valence-corrected chi connectivity index (χ3v) is 4.93. The molecule has 2 heterocycles. The monoisotopic (exact) mass is 322 g/mol. The molecule has 0 bridgehead atoms. The van der Waals surface area contributed by atoms with E-state index in [1.807, 2.05) is 17.0 Å². The molecule has 0 aliphatic carbocycles. The molecule has 0 spiro atoms.